The highest BCUT2D eigenvalue weighted by molar-refractivity contribution is 6.31. The van der Waals surface area contributed by atoms with Crippen molar-refractivity contribution in [3.63, 3.8) is 0 Å². The molecule has 0 spiro atoms. The van der Waals surface area contributed by atoms with Crippen LogP contribution < -0.4 is 10.2 Å². The molecule has 1 N–H and O–H groups in total. The van der Waals surface area contributed by atoms with Crippen molar-refractivity contribution in [3.8, 4) is 0 Å². The number of nitrogens with zero attached hydrogens (tertiary/aromatic N) is 1. The van der Waals surface area contributed by atoms with E-state index in [1.54, 1.807) is 18.2 Å². The van der Waals surface area contributed by atoms with Crippen molar-refractivity contribution in [3.05, 3.63) is 64.9 Å². The van der Waals surface area contributed by atoms with Crippen LogP contribution in [-0.4, -0.2) is 18.4 Å². The van der Waals surface area contributed by atoms with Crippen molar-refractivity contribution in [2.75, 3.05) is 11.4 Å². The third kappa shape index (κ3) is 4.80. The van der Waals surface area contributed by atoms with E-state index in [4.69, 9.17) is 11.6 Å². The molecule has 24 heavy (non-hydrogen) atoms. The predicted octanol–water partition coefficient (Wildman–Crippen LogP) is 3.54. The second-order valence-corrected chi connectivity index (χ2v) is 5.65. The summed E-state index contributed by atoms with van der Waals surface area (Å²) in [4.78, 5) is 25.0. The van der Waals surface area contributed by atoms with Crippen LogP contribution in [0.15, 0.2) is 48.5 Å². The van der Waals surface area contributed by atoms with Crippen molar-refractivity contribution in [1.82, 2.24) is 5.32 Å². The Kier molecular flexibility index (Phi) is 6.32. The smallest absolute Gasteiger partial charge is 0.223 e. The minimum absolute atomic E-state index is 0.0678. The molecule has 0 unspecified atom stereocenters. The van der Waals surface area contributed by atoms with Crippen molar-refractivity contribution in [2.24, 2.45) is 0 Å². The fraction of sp³-hybridized carbons (Fsp3) is 0.222. The monoisotopic (exact) mass is 348 g/mol. The maximum Gasteiger partial charge on any atom is 0.223 e. The fourth-order valence-electron chi connectivity index (χ4n) is 2.26. The Morgan fingerprint density at radius 2 is 1.79 bits per heavy atom. The van der Waals surface area contributed by atoms with Gasteiger partial charge in [0.15, 0.2) is 0 Å². The lowest BCUT2D eigenvalue weighted by atomic mass is 10.2. The third-order valence-corrected chi connectivity index (χ3v) is 3.89. The average molecular weight is 349 g/mol. The van der Waals surface area contributed by atoms with Crippen molar-refractivity contribution < 1.29 is 14.0 Å². The van der Waals surface area contributed by atoms with Gasteiger partial charge in [-0.2, -0.15) is 0 Å². The van der Waals surface area contributed by atoms with Crippen LogP contribution in [0, 0.1) is 5.82 Å². The SMILES string of the molecule is CC(=O)N(CCC(=O)NCc1ccccc1Cl)c1ccccc1F. The zero-order chi connectivity index (χ0) is 17.5. The van der Waals surface area contributed by atoms with Gasteiger partial charge in [0.2, 0.25) is 11.8 Å². The molecule has 6 heteroatoms. The minimum atomic E-state index is -0.496. The summed E-state index contributed by atoms with van der Waals surface area (Å²) in [5.41, 5.74) is 0.981. The molecule has 0 aromatic heterocycles. The van der Waals surface area contributed by atoms with Gasteiger partial charge in [-0.1, -0.05) is 41.9 Å². The standard InChI is InChI=1S/C18H18ClFN2O2/c1-13(23)22(17-9-5-4-8-16(17)20)11-10-18(24)21-12-14-6-2-3-7-15(14)19/h2-9H,10-12H2,1H3,(H,21,24). The predicted molar refractivity (Wildman–Crippen MR) is 92.3 cm³/mol. The van der Waals surface area contributed by atoms with Crippen LogP contribution in [0.4, 0.5) is 10.1 Å². The van der Waals surface area contributed by atoms with Gasteiger partial charge in [0.1, 0.15) is 5.82 Å². The molecule has 0 aliphatic carbocycles. The molecule has 0 radical (unpaired) electrons. The minimum Gasteiger partial charge on any atom is -0.352 e. The summed E-state index contributed by atoms with van der Waals surface area (Å²) in [5, 5.41) is 3.32. The average Bonchev–Trinajstić information content (AvgIpc) is 2.55. The van der Waals surface area contributed by atoms with E-state index in [-0.39, 0.29) is 30.5 Å². The quantitative estimate of drug-likeness (QED) is 0.868. The van der Waals surface area contributed by atoms with Gasteiger partial charge in [-0.15, -0.1) is 0 Å². The highest BCUT2D eigenvalue weighted by atomic mass is 35.5. The molecule has 0 saturated heterocycles. The lowest BCUT2D eigenvalue weighted by Gasteiger charge is -2.21. The van der Waals surface area contributed by atoms with Crippen LogP contribution in [0.2, 0.25) is 5.02 Å². The number of benzene rings is 2. The van der Waals surface area contributed by atoms with Crippen molar-refractivity contribution in [1.29, 1.82) is 0 Å². The molecule has 0 saturated carbocycles. The van der Waals surface area contributed by atoms with Gasteiger partial charge in [0, 0.05) is 31.5 Å². The van der Waals surface area contributed by atoms with E-state index in [1.165, 1.54) is 24.0 Å². The Morgan fingerprint density at radius 3 is 2.46 bits per heavy atom. The number of para-hydroxylation sites is 1. The lowest BCUT2D eigenvalue weighted by Crippen LogP contribution is -2.34. The maximum absolute atomic E-state index is 13.8. The van der Waals surface area contributed by atoms with Gasteiger partial charge in [-0.25, -0.2) is 4.39 Å². The Labute approximate surface area is 145 Å². The first-order valence-electron chi connectivity index (χ1n) is 7.52. The highest BCUT2D eigenvalue weighted by Gasteiger charge is 2.16. The second-order valence-electron chi connectivity index (χ2n) is 5.24. The first kappa shape index (κ1) is 17.9. The molecule has 0 bridgehead atoms. The zero-order valence-electron chi connectivity index (χ0n) is 13.3. The van der Waals surface area contributed by atoms with Crippen LogP contribution in [0.1, 0.15) is 18.9 Å². The molecule has 0 atom stereocenters. The number of halogens is 2. The van der Waals surface area contributed by atoms with E-state index in [1.807, 2.05) is 18.2 Å². The third-order valence-electron chi connectivity index (χ3n) is 3.52. The summed E-state index contributed by atoms with van der Waals surface area (Å²) in [6, 6.07) is 13.2. The zero-order valence-corrected chi connectivity index (χ0v) is 14.0. The highest BCUT2D eigenvalue weighted by Crippen LogP contribution is 2.19. The number of carbonyl (C=O) groups is 2. The van der Waals surface area contributed by atoms with Crippen molar-refractivity contribution >= 4 is 29.1 Å². The fourth-order valence-corrected chi connectivity index (χ4v) is 2.46. The van der Waals surface area contributed by atoms with Crippen LogP contribution in [0.3, 0.4) is 0 Å². The molecule has 2 rings (SSSR count). The summed E-state index contributed by atoms with van der Waals surface area (Å²) in [6.45, 7) is 1.75. The molecule has 4 nitrogen and oxygen atoms in total. The summed E-state index contributed by atoms with van der Waals surface area (Å²) in [7, 11) is 0. The number of hydrogen-bond acceptors (Lipinski definition) is 2. The van der Waals surface area contributed by atoms with Crippen LogP contribution >= 0.6 is 11.6 Å². The molecule has 2 aromatic carbocycles. The number of nitrogens with one attached hydrogen (secondary N) is 1. The van der Waals surface area contributed by atoms with E-state index in [0.717, 1.165) is 5.56 Å². The van der Waals surface area contributed by atoms with Crippen molar-refractivity contribution in [2.45, 2.75) is 19.9 Å². The van der Waals surface area contributed by atoms with E-state index in [9.17, 15) is 14.0 Å². The Bertz CT molecular complexity index is 736. The summed E-state index contributed by atoms with van der Waals surface area (Å²) in [5.74, 6) is -1.05. The Morgan fingerprint density at radius 1 is 1.12 bits per heavy atom. The molecule has 2 amide bonds. The first-order chi connectivity index (χ1) is 11.5. The first-order valence-corrected chi connectivity index (χ1v) is 7.89. The number of carbonyl (C=O) groups excluding carboxylic acids is 2. The number of anilines is 1. The number of amides is 2. The van der Waals surface area contributed by atoms with Crippen LogP contribution in [0.25, 0.3) is 0 Å². The second kappa shape index (κ2) is 8.45. The normalized spacial score (nSPS) is 10.3. The number of rotatable bonds is 6. The molecular formula is C18H18ClFN2O2. The number of hydrogen-bond donors (Lipinski definition) is 1. The van der Waals surface area contributed by atoms with Crippen LogP contribution in [-0.2, 0) is 16.1 Å². The molecule has 0 aliphatic heterocycles. The molecule has 0 fully saturated rings. The van der Waals surface area contributed by atoms with Gasteiger partial charge in [-0.3, -0.25) is 9.59 Å². The van der Waals surface area contributed by atoms with E-state index < -0.39 is 5.82 Å². The van der Waals surface area contributed by atoms with Crippen LogP contribution in [0.5, 0.6) is 0 Å². The van der Waals surface area contributed by atoms with Gasteiger partial charge < -0.3 is 10.2 Å². The van der Waals surface area contributed by atoms with E-state index in [0.29, 0.717) is 11.6 Å². The van der Waals surface area contributed by atoms with Gasteiger partial charge in [-0.05, 0) is 23.8 Å². The summed E-state index contributed by atoms with van der Waals surface area (Å²) in [6.07, 6.45) is 0.0678. The molecule has 0 aliphatic rings. The molecule has 0 heterocycles. The Hall–Kier alpha value is -2.40. The molecule has 2 aromatic rings. The van der Waals surface area contributed by atoms with E-state index >= 15 is 0 Å². The van der Waals surface area contributed by atoms with Gasteiger partial charge in [0.05, 0.1) is 5.69 Å². The summed E-state index contributed by atoms with van der Waals surface area (Å²) < 4.78 is 13.8. The van der Waals surface area contributed by atoms with Gasteiger partial charge >= 0.3 is 0 Å². The Balaban J connectivity index is 1.93. The molecule has 126 valence electrons. The largest absolute Gasteiger partial charge is 0.352 e. The maximum atomic E-state index is 13.8. The topological polar surface area (TPSA) is 49.4 Å². The summed E-state index contributed by atoms with van der Waals surface area (Å²) >= 11 is 6.03. The van der Waals surface area contributed by atoms with Gasteiger partial charge in [0.25, 0.3) is 0 Å². The van der Waals surface area contributed by atoms with E-state index in [2.05, 4.69) is 5.32 Å². The molecular weight excluding hydrogens is 331 g/mol. The lowest BCUT2D eigenvalue weighted by molar-refractivity contribution is -0.121.